The lowest BCUT2D eigenvalue weighted by Crippen LogP contribution is -2.43. The van der Waals surface area contributed by atoms with E-state index in [1.165, 1.54) is 16.6 Å². The van der Waals surface area contributed by atoms with Gasteiger partial charge in [-0.3, -0.25) is 4.90 Å². The Balaban J connectivity index is 2.12. The Labute approximate surface area is 95.3 Å². The molecular formula is C9H16N4O2S. The van der Waals surface area contributed by atoms with Crippen molar-refractivity contribution < 1.29 is 8.42 Å². The van der Waals surface area contributed by atoms with Gasteiger partial charge in [-0.2, -0.15) is 0 Å². The van der Waals surface area contributed by atoms with E-state index in [-0.39, 0.29) is 0 Å². The number of rotatable bonds is 3. The second kappa shape index (κ2) is 4.52. The quantitative estimate of drug-likeness (QED) is 0.746. The van der Waals surface area contributed by atoms with Crippen LogP contribution in [0.2, 0.25) is 0 Å². The van der Waals surface area contributed by atoms with E-state index >= 15 is 0 Å². The lowest BCUT2D eigenvalue weighted by atomic mass is 10.3. The molecule has 0 aliphatic carbocycles. The molecule has 0 radical (unpaired) electrons. The van der Waals surface area contributed by atoms with Gasteiger partial charge in [0.15, 0.2) is 0 Å². The summed E-state index contributed by atoms with van der Waals surface area (Å²) < 4.78 is 24.1. The summed E-state index contributed by atoms with van der Waals surface area (Å²) in [5, 5.41) is 3.26. The van der Waals surface area contributed by atoms with Gasteiger partial charge in [0.2, 0.25) is 10.0 Å². The van der Waals surface area contributed by atoms with Crippen molar-refractivity contribution in [2.75, 3.05) is 32.4 Å². The number of aromatic nitrogens is 2. The standard InChI is InChI=1S/C9H16N4O2S/c1-16(14,15)13-8-11-6-9(13)7-12-4-2-10-3-5-12/h6,8,10H,2-5,7H2,1H3. The highest BCUT2D eigenvalue weighted by atomic mass is 32.2. The van der Waals surface area contributed by atoms with Crippen LogP contribution in [0.5, 0.6) is 0 Å². The van der Waals surface area contributed by atoms with Crippen LogP contribution in [0.1, 0.15) is 5.69 Å². The molecule has 0 spiro atoms. The molecule has 90 valence electrons. The first-order chi connectivity index (χ1) is 7.57. The normalized spacial score (nSPS) is 18.8. The molecule has 0 aromatic carbocycles. The first kappa shape index (κ1) is 11.6. The third-order valence-corrected chi connectivity index (χ3v) is 3.67. The molecule has 0 amide bonds. The van der Waals surface area contributed by atoms with Crippen molar-refractivity contribution in [1.29, 1.82) is 0 Å². The van der Waals surface area contributed by atoms with Gasteiger partial charge in [-0.05, 0) is 0 Å². The van der Waals surface area contributed by atoms with Gasteiger partial charge in [0.05, 0.1) is 18.1 Å². The lowest BCUT2D eigenvalue weighted by molar-refractivity contribution is 0.230. The monoisotopic (exact) mass is 244 g/mol. The van der Waals surface area contributed by atoms with Gasteiger partial charge in [0.25, 0.3) is 0 Å². The summed E-state index contributed by atoms with van der Waals surface area (Å²) in [5.41, 5.74) is 0.726. The van der Waals surface area contributed by atoms with Crippen LogP contribution in [0.25, 0.3) is 0 Å². The zero-order valence-electron chi connectivity index (χ0n) is 9.26. The maximum Gasteiger partial charge on any atom is 0.237 e. The van der Waals surface area contributed by atoms with Gasteiger partial charge < -0.3 is 5.32 Å². The number of nitrogens with one attached hydrogen (secondary N) is 1. The zero-order chi connectivity index (χ0) is 11.6. The van der Waals surface area contributed by atoms with E-state index in [1.54, 1.807) is 6.20 Å². The van der Waals surface area contributed by atoms with Crippen LogP contribution in [0.15, 0.2) is 12.5 Å². The fraction of sp³-hybridized carbons (Fsp3) is 0.667. The van der Waals surface area contributed by atoms with Crippen LogP contribution in [-0.4, -0.2) is 54.7 Å². The Kier molecular flexibility index (Phi) is 3.27. The summed E-state index contributed by atoms with van der Waals surface area (Å²) in [7, 11) is -3.23. The molecule has 6 nitrogen and oxygen atoms in total. The van der Waals surface area contributed by atoms with E-state index in [4.69, 9.17) is 0 Å². The molecule has 0 atom stereocenters. The Morgan fingerprint density at radius 1 is 1.44 bits per heavy atom. The molecule has 1 N–H and O–H groups in total. The van der Waals surface area contributed by atoms with Crippen LogP contribution in [0.3, 0.4) is 0 Å². The maximum absolute atomic E-state index is 11.4. The predicted molar refractivity (Wildman–Crippen MR) is 60.6 cm³/mol. The fourth-order valence-corrected chi connectivity index (χ4v) is 2.58. The molecule has 0 bridgehead atoms. The molecule has 16 heavy (non-hydrogen) atoms. The first-order valence-corrected chi connectivity index (χ1v) is 7.07. The van der Waals surface area contributed by atoms with Crippen LogP contribution in [-0.2, 0) is 16.6 Å². The lowest BCUT2D eigenvalue weighted by Gasteiger charge is -2.27. The summed E-state index contributed by atoms with van der Waals surface area (Å²) in [5.74, 6) is 0. The van der Waals surface area contributed by atoms with E-state index in [1.807, 2.05) is 0 Å². The zero-order valence-corrected chi connectivity index (χ0v) is 10.1. The van der Waals surface area contributed by atoms with Crippen molar-refractivity contribution in [3.8, 4) is 0 Å². The predicted octanol–water partition coefficient (Wildman–Crippen LogP) is -0.904. The molecule has 1 aliphatic rings. The van der Waals surface area contributed by atoms with Crippen molar-refractivity contribution in [3.05, 3.63) is 18.2 Å². The van der Waals surface area contributed by atoms with Crippen LogP contribution < -0.4 is 5.32 Å². The number of hydrogen-bond acceptors (Lipinski definition) is 5. The second-order valence-corrected chi connectivity index (χ2v) is 5.83. The maximum atomic E-state index is 11.4. The van der Waals surface area contributed by atoms with Gasteiger partial charge in [0.1, 0.15) is 6.33 Å². The first-order valence-electron chi connectivity index (χ1n) is 5.22. The van der Waals surface area contributed by atoms with Crippen LogP contribution >= 0.6 is 0 Å². The van der Waals surface area contributed by atoms with Crippen molar-refractivity contribution in [2.45, 2.75) is 6.54 Å². The minimum atomic E-state index is -3.23. The smallest absolute Gasteiger partial charge is 0.237 e. The van der Waals surface area contributed by atoms with Gasteiger partial charge in [-0.15, -0.1) is 0 Å². The molecule has 2 rings (SSSR count). The van der Waals surface area contributed by atoms with E-state index in [0.717, 1.165) is 31.9 Å². The Morgan fingerprint density at radius 2 is 2.12 bits per heavy atom. The minimum Gasteiger partial charge on any atom is -0.314 e. The summed E-state index contributed by atoms with van der Waals surface area (Å²) in [6.07, 6.45) is 4.16. The molecule has 1 aromatic rings. The summed E-state index contributed by atoms with van der Waals surface area (Å²) >= 11 is 0. The van der Waals surface area contributed by atoms with E-state index in [9.17, 15) is 8.42 Å². The summed E-state index contributed by atoms with van der Waals surface area (Å²) in [6.45, 7) is 4.42. The van der Waals surface area contributed by atoms with Crippen molar-refractivity contribution in [3.63, 3.8) is 0 Å². The SMILES string of the molecule is CS(=O)(=O)n1cncc1CN1CCNCC1. The third kappa shape index (κ3) is 2.60. The van der Waals surface area contributed by atoms with E-state index in [2.05, 4.69) is 15.2 Å². The molecule has 1 saturated heterocycles. The van der Waals surface area contributed by atoms with Gasteiger partial charge in [-0.1, -0.05) is 0 Å². The Bertz CT molecular complexity index is 448. The number of hydrogen-bond donors (Lipinski definition) is 1. The van der Waals surface area contributed by atoms with Crippen LogP contribution in [0, 0.1) is 0 Å². The average Bonchev–Trinajstić information content (AvgIpc) is 2.67. The molecule has 7 heteroatoms. The highest BCUT2D eigenvalue weighted by Gasteiger charge is 2.15. The molecule has 1 fully saturated rings. The molecule has 2 heterocycles. The van der Waals surface area contributed by atoms with Gasteiger partial charge in [-0.25, -0.2) is 17.4 Å². The Morgan fingerprint density at radius 3 is 2.75 bits per heavy atom. The van der Waals surface area contributed by atoms with Crippen molar-refractivity contribution in [2.24, 2.45) is 0 Å². The summed E-state index contributed by atoms with van der Waals surface area (Å²) in [6, 6.07) is 0. The Hall–Kier alpha value is -0.920. The second-order valence-electron chi connectivity index (χ2n) is 3.97. The minimum absolute atomic E-state index is 0.634. The fourth-order valence-electron chi connectivity index (χ4n) is 1.82. The molecule has 1 aromatic heterocycles. The van der Waals surface area contributed by atoms with E-state index in [0.29, 0.717) is 6.54 Å². The third-order valence-electron chi connectivity index (χ3n) is 2.63. The van der Waals surface area contributed by atoms with Crippen molar-refractivity contribution in [1.82, 2.24) is 19.2 Å². The number of imidazole rings is 1. The van der Waals surface area contributed by atoms with Gasteiger partial charge in [0, 0.05) is 32.7 Å². The van der Waals surface area contributed by atoms with Gasteiger partial charge >= 0.3 is 0 Å². The highest BCUT2D eigenvalue weighted by Crippen LogP contribution is 2.07. The largest absolute Gasteiger partial charge is 0.314 e. The molecule has 1 aliphatic heterocycles. The molecular weight excluding hydrogens is 228 g/mol. The van der Waals surface area contributed by atoms with Crippen molar-refractivity contribution >= 4 is 10.0 Å². The molecule has 0 saturated carbocycles. The topological polar surface area (TPSA) is 67.2 Å². The average molecular weight is 244 g/mol. The number of piperazine rings is 1. The highest BCUT2D eigenvalue weighted by molar-refractivity contribution is 7.89. The van der Waals surface area contributed by atoms with E-state index < -0.39 is 10.0 Å². The van der Waals surface area contributed by atoms with Crippen LogP contribution in [0.4, 0.5) is 0 Å². The number of nitrogens with zero attached hydrogens (tertiary/aromatic N) is 3. The summed E-state index contributed by atoms with van der Waals surface area (Å²) in [4.78, 5) is 6.11. The molecule has 0 unspecified atom stereocenters.